The Labute approximate surface area is 110 Å². The summed E-state index contributed by atoms with van der Waals surface area (Å²) in [5.41, 5.74) is 0.845. The number of alkyl halides is 3. The maximum absolute atomic E-state index is 12.5. The fraction of sp³-hybridized carbons (Fsp3) is 0.583. The van der Waals surface area contributed by atoms with Gasteiger partial charge in [-0.25, -0.2) is 4.98 Å². The number of hydrogen-bond acceptors (Lipinski definition) is 4. The molecule has 0 fully saturated rings. The van der Waals surface area contributed by atoms with Crippen LogP contribution in [0.2, 0.25) is 0 Å². The third-order valence-electron chi connectivity index (χ3n) is 2.77. The van der Waals surface area contributed by atoms with E-state index in [0.29, 0.717) is 0 Å². The van der Waals surface area contributed by atoms with Crippen molar-refractivity contribution in [1.29, 1.82) is 0 Å². The van der Waals surface area contributed by atoms with Gasteiger partial charge in [-0.1, -0.05) is 0 Å². The van der Waals surface area contributed by atoms with Gasteiger partial charge in [0.15, 0.2) is 0 Å². The van der Waals surface area contributed by atoms with Gasteiger partial charge in [0.05, 0.1) is 6.61 Å². The van der Waals surface area contributed by atoms with Gasteiger partial charge in [0.25, 0.3) is 0 Å². The smallest absolute Gasteiger partial charge is 0.395 e. The number of hydrogen-bond donors (Lipinski definition) is 2. The van der Waals surface area contributed by atoms with Crippen molar-refractivity contribution in [3.8, 4) is 0 Å². The molecule has 1 aromatic rings. The average Bonchev–Trinajstić information content (AvgIpc) is 2.36. The fourth-order valence-corrected chi connectivity index (χ4v) is 1.65. The first-order valence-electron chi connectivity index (χ1n) is 5.93. The zero-order chi connectivity index (χ0) is 14.5. The second-order valence-electron chi connectivity index (χ2n) is 4.22. The first-order valence-corrected chi connectivity index (χ1v) is 5.93. The molecule has 1 atom stereocenters. The van der Waals surface area contributed by atoms with Crippen LogP contribution < -0.4 is 10.2 Å². The van der Waals surface area contributed by atoms with Gasteiger partial charge < -0.3 is 15.3 Å². The lowest BCUT2D eigenvalue weighted by atomic mass is 10.1. The number of aromatic nitrogens is 1. The Morgan fingerprint density at radius 1 is 1.47 bits per heavy atom. The average molecular weight is 277 g/mol. The van der Waals surface area contributed by atoms with Gasteiger partial charge in [0.2, 0.25) is 0 Å². The van der Waals surface area contributed by atoms with Crippen LogP contribution in [0.4, 0.5) is 19.0 Å². The summed E-state index contributed by atoms with van der Waals surface area (Å²) >= 11 is 0. The number of anilines is 1. The number of halogens is 3. The third-order valence-corrected chi connectivity index (χ3v) is 2.77. The number of nitrogens with one attached hydrogen (secondary N) is 1. The molecule has 1 unspecified atom stereocenters. The van der Waals surface area contributed by atoms with E-state index in [2.05, 4.69) is 10.3 Å². The quantitative estimate of drug-likeness (QED) is 0.831. The molecule has 1 rings (SSSR count). The summed E-state index contributed by atoms with van der Waals surface area (Å²) in [5.74, 6) is 0.214. The van der Waals surface area contributed by atoms with Crippen LogP contribution >= 0.6 is 0 Å². The van der Waals surface area contributed by atoms with Crippen molar-refractivity contribution >= 4 is 5.82 Å². The highest BCUT2D eigenvalue weighted by Crippen LogP contribution is 2.22. The summed E-state index contributed by atoms with van der Waals surface area (Å²) in [6.07, 6.45) is -2.86. The molecule has 0 saturated carbocycles. The molecule has 0 amide bonds. The first-order chi connectivity index (χ1) is 8.87. The van der Waals surface area contributed by atoms with E-state index in [0.717, 1.165) is 10.5 Å². The predicted octanol–water partition coefficient (Wildman–Crippen LogP) is 1.72. The number of rotatable bonds is 6. The van der Waals surface area contributed by atoms with Crippen LogP contribution in [0.25, 0.3) is 0 Å². The Bertz CT molecular complexity index is 398. The summed E-state index contributed by atoms with van der Waals surface area (Å²) in [5, 5.41) is 11.9. The summed E-state index contributed by atoms with van der Waals surface area (Å²) in [6.45, 7) is 0.310. The minimum absolute atomic E-state index is 0.0172. The van der Waals surface area contributed by atoms with Crippen LogP contribution in [0.15, 0.2) is 18.3 Å². The Morgan fingerprint density at radius 2 is 2.16 bits per heavy atom. The molecule has 0 aliphatic rings. The highest BCUT2D eigenvalue weighted by atomic mass is 19.4. The standard InChI is InChI=1S/C12H18F3N3O/c1-9(16-2)10-3-4-17-11(7-10)18(5-6-19)8-12(13,14)15/h3-4,7,9,16,19H,5-6,8H2,1-2H3. The summed E-state index contributed by atoms with van der Waals surface area (Å²) in [6, 6.07) is 3.36. The molecule has 0 saturated heterocycles. The molecule has 0 aromatic carbocycles. The van der Waals surface area contributed by atoms with Crippen LogP contribution in [0.1, 0.15) is 18.5 Å². The lowest BCUT2D eigenvalue weighted by Gasteiger charge is -2.25. The normalized spacial score (nSPS) is 13.4. The highest BCUT2D eigenvalue weighted by molar-refractivity contribution is 5.42. The predicted molar refractivity (Wildman–Crippen MR) is 67.1 cm³/mol. The molecule has 2 N–H and O–H groups in total. The van der Waals surface area contributed by atoms with Crippen LogP contribution in [0, 0.1) is 0 Å². The molecule has 0 aliphatic heterocycles. The molecular formula is C12H18F3N3O. The second-order valence-corrected chi connectivity index (χ2v) is 4.22. The summed E-state index contributed by atoms with van der Waals surface area (Å²) in [7, 11) is 1.77. The molecule has 1 aromatic heterocycles. The maximum Gasteiger partial charge on any atom is 0.405 e. The van der Waals surface area contributed by atoms with Gasteiger partial charge in [-0.05, 0) is 31.7 Å². The molecule has 0 bridgehead atoms. The van der Waals surface area contributed by atoms with E-state index in [4.69, 9.17) is 5.11 Å². The van der Waals surface area contributed by atoms with Crippen molar-refractivity contribution in [2.24, 2.45) is 0 Å². The lowest BCUT2D eigenvalue weighted by Crippen LogP contribution is -2.36. The maximum atomic E-state index is 12.5. The molecule has 1 heterocycles. The number of aliphatic hydroxyl groups is 1. The zero-order valence-corrected chi connectivity index (χ0v) is 10.9. The highest BCUT2D eigenvalue weighted by Gasteiger charge is 2.31. The minimum Gasteiger partial charge on any atom is -0.395 e. The molecule has 0 radical (unpaired) electrons. The molecule has 108 valence electrons. The Morgan fingerprint density at radius 3 is 2.68 bits per heavy atom. The van der Waals surface area contributed by atoms with Crippen molar-refractivity contribution in [2.45, 2.75) is 19.1 Å². The molecule has 0 spiro atoms. The molecule has 7 heteroatoms. The Hall–Kier alpha value is -1.34. The van der Waals surface area contributed by atoms with Crippen LogP contribution in [-0.4, -0.2) is 43.0 Å². The SMILES string of the molecule is CNC(C)c1ccnc(N(CCO)CC(F)(F)F)c1. The van der Waals surface area contributed by atoms with E-state index in [9.17, 15) is 13.2 Å². The van der Waals surface area contributed by atoms with Crippen LogP contribution in [0.3, 0.4) is 0 Å². The van der Waals surface area contributed by atoms with Gasteiger partial charge >= 0.3 is 6.18 Å². The summed E-state index contributed by atoms with van der Waals surface area (Å²) in [4.78, 5) is 4.97. The van der Waals surface area contributed by atoms with Crippen LogP contribution in [0.5, 0.6) is 0 Å². The van der Waals surface area contributed by atoms with Crippen molar-refractivity contribution in [1.82, 2.24) is 10.3 Å². The van der Waals surface area contributed by atoms with E-state index in [1.165, 1.54) is 6.20 Å². The molecule has 4 nitrogen and oxygen atoms in total. The first kappa shape index (κ1) is 15.7. The third kappa shape index (κ3) is 5.04. The van der Waals surface area contributed by atoms with Crippen molar-refractivity contribution in [2.75, 3.05) is 31.6 Å². The van der Waals surface area contributed by atoms with E-state index < -0.39 is 12.7 Å². The number of aliphatic hydroxyl groups excluding tert-OH is 1. The van der Waals surface area contributed by atoms with Gasteiger partial charge in [-0.15, -0.1) is 0 Å². The summed E-state index contributed by atoms with van der Waals surface area (Å²) < 4.78 is 37.4. The largest absolute Gasteiger partial charge is 0.405 e. The van der Waals surface area contributed by atoms with Crippen molar-refractivity contribution in [3.63, 3.8) is 0 Å². The van der Waals surface area contributed by atoms with Crippen molar-refractivity contribution < 1.29 is 18.3 Å². The minimum atomic E-state index is -4.33. The van der Waals surface area contributed by atoms with Crippen LogP contribution in [-0.2, 0) is 0 Å². The Kier molecular flexibility index (Phi) is 5.56. The second kappa shape index (κ2) is 6.72. The van der Waals surface area contributed by atoms with Gasteiger partial charge in [0, 0.05) is 18.8 Å². The number of pyridine rings is 1. The molecule has 0 aliphatic carbocycles. The van der Waals surface area contributed by atoms with E-state index in [1.807, 2.05) is 6.92 Å². The van der Waals surface area contributed by atoms with Gasteiger partial charge in [-0.2, -0.15) is 13.2 Å². The monoisotopic (exact) mass is 277 g/mol. The zero-order valence-electron chi connectivity index (χ0n) is 10.9. The topological polar surface area (TPSA) is 48.4 Å². The van der Waals surface area contributed by atoms with Gasteiger partial charge in [0.1, 0.15) is 12.4 Å². The van der Waals surface area contributed by atoms with E-state index in [1.54, 1.807) is 19.2 Å². The molecule has 19 heavy (non-hydrogen) atoms. The fourth-order valence-electron chi connectivity index (χ4n) is 1.65. The van der Waals surface area contributed by atoms with E-state index >= 15 is 0 Å². The molecular weight excluding hydrogens is 259 g/mol. The Balaban J connectivity index is 2.95. The van der Waals surface area contributed by atoms with Crippen molar-refractivity contribution in [3.05, 3.63) is 23.9 Å². The number of nitrogens with zero attached hydrogens (tertiary/aromatic N) is 2. The lowest BCUT2D eigenvalue weighted by molar-refractivity contribution is -0.120. The van der Waals surface area contributed by atoms with Gasteiger partial charge in [-0.3, -0.25) is 0 Å². The van der Waals surface area contributed by atoms with E-state index in [-0.39, 0.29) is 25.0 Å².